The van der Waals surface area contributed by atoms with E-state index in [0.717, 1.165) is 36.1 Å². The molecule has 1 aromatic carbocycles. The zero-order valence-corrected chi connectivity index (χ0v) is 12.5. The molecule has 1 heterocycles. The smallest absolute Gasteiger partial charge is 0.122 e. The van der Waals surface area contributed by atoms with Gasteiger partial charge in [0.25, 0.3) is 0 Å². The number of ether oxygens (including phenoxy) is 2. The number of methoxy groups -OCH3 is 2. The quantitative estimate of drug-likeness (QED) is 0.905. The summed E-state index contributed by atoms with van der Waals surface area (Å²) in [6.07, 6.45) is 2.47. The van der Waals surface area contributed by atoms with Gasteiger partial charge in [-0.05, 0) is 62.4 Å². The van der Waals surface area contributed by atoms with Crippen LogP contribution in [0.5, 0.6) is 11.5 Å². The topological polar surface area (TPSA) is 30.5 Å². The first-order valence-corrected chi connectivity index (χ1v) is 7.10. The number of benzene rings is 1. The summed E-state index contributed by atoms with van der Waals surface area (Å²) >= 11 is 0. The van der Waals surface area contributed by atoms with Gasteiger partial charge in [0.2, 0.25) is 0 Å². The second-order valence-electron chi connectivity index (χ2n) is 5.44. The third-order valence-corrected chi connectivity index (χ3v) is 4.33. The molecule has 3 heteroatoms. The van der Waals surface area contributed by atoms with Crippen LogP contribution in [0.25, 0.3) is 0 Å². The average molecular weight is 263 g/mol. The predicted octanol–water partition coefficient (Wildman–Crippen LogP) is 3.12. The van der Waals surface area contributed by atoms with Crippen molar-refractivity contribution in [2.45, 2.75) is 32.6 Å². The van der Waals surface area contributed by atoms with Gasteiger partial charge >= 0.3 is 0 Å². The van der Waals surface area contributed by atoms with Crippen molar-refractivity contribution in [3.8, 4) is 11.5 Å². The lowest BCUT2D eigenvalue weighted by Gasteiger charge is -2.29. The minimum Gasteiger partial charge on any atom is -0.496 e. The molecule has 0 amide bonds. The second-order valence-corrected chi connectivity index (χ2v) is 5.44. The summed E-state index contributed by atoms with van der Waals surface area (Å²) in [6, 6.07) is 4.24. The fraction of sp³-hybridized carbons (Fsp3) is 0.625. The minimum atomic E-state index is 0.506. The molecule has 1 atom stereocenters. The predicted molar refractivity (Wildman–Crippen MR) is 78.3 cm³/mol. The van der Waals surface area contributed by atoms with E-state index in [1.807, 2.05) is 0 Å². The van der Waals surface area contributed by atoms with E-state index < -0.39 is 0 Å². The zero-order chi connectivity index (χ0) is 13.8. The van der Waals surface area contributed by atoms with E-state index in [4.69, 9.17) is 9.47 Å². The monoisotopic (exact) mass is 263 g/mol. The number of piperidine rings is 1. The zero-order valence-electron chi connectivity index (χ0n) is 12.5. The second kappa shape index (κ2) is 6.29. The summed E-state index contributed by atoms with van der Waals surface area (Å²) in [6.45, 7) is 6.61. The van der Waals surface area contributed by atoms with Crippen molar-refractivity contribution < 1.29 is 9.47 Å². The first-order valence-electron chi connectivity index (χ1n) is 7.10. The van der Waals surface area contributed by atoms with E-state index >= 15 is 0 Å². The van der Waals surface area contributed by atoms with Crippen LogP contribution in [0.2, 0.25) is 0 Å². The maximum Gasteiger partial charge on any atom is 0.122 e. The molecule has 2 rings (SSSR count). The molecule has 0 saturated carbocycles. The number of hydrogen-bond donors (Lipinski definition) is 1. The first kappa shape index (κ1) is 14.2. The minimum absolute atomic E-state index is 0.506. The highest BCUT2D eigenvalue weighted by Gasteiger charge is 2.24. The van der Waals surface area contributed by atoms with Crippen molar-refractivity contribution >= 4 is 0 Å². The van der Waals surface area contributed by atoms with Gasteiger partial charge in [-0.15, -0.1) is 0 Å². The van der Waals surface area contributed by atoms with Crippen LogP contribution in [-0.4, -0.2) is 27.3 Å². The molecule has 106 valence electrons. The molecule has 1 aromatic rings. The molecule has 1 unspecified atom stereocenters. The van der Waals surface area contributed by atoms with E-state index in [0.29, 0.717) is 5.92 Å². The van der Waals surface area contributed by atoms with Crippen molar-refractivity contribution in [2.24, 2.45) is 5.92 Å². The molecule has 1 aliphatic heterocycles. The van der Waals surface area contributed by atoms with Gasteiger partial charge in [0, 0.05) is 5.56 Å². The number of aryl methyl sites for hydroxylation is 1. The Morgan fingerprint density at radius 1 is 1.11 bits per heavy atom. The van der Waals surface area contributed by atoms with Crippen LogP contribution in [-0.2, 0) is 0 Å². The highest BCUT2D eigenvalue weighted by molar-refractivity contribution is 5.47. The van der Waals surface area contributed by atoms with E-state index in [-0.39, 0.29) is 0 Å². The third-order valence-electron chi connectivity index (χ3n) is 4.33. The molecule has 0 radical (unpaired) electrons. The first-order chi connectivity index (χ1) is 9.17. The lowest BCUT2D eigenvalue weighted by atomic mass is 9.81. The summed E-state index contributed by atoms with van der Waals surface area (Å²) in [5.41, 5.74) is 2.40. The Morgan fingerprint density at radius 2 is 1.74 bits per heavy atom. The Labute approximate surface area is 116 Å². The van der Waals surface area contributed by atoms with Crippen LogP contribution in [0.15, 0.2) is 12.1 Å². The van der Waals surface area contributed by atoms with Gasteiger partial charge in [-0.2, -0.15) is 0 Å². The Balaban J connectivity index is 2.30. The molecule has 1 saturated heterocycles. The summed E-state index contributed by atoms with van der Waals surface area (Å²) < 4.78 is 11.0. The van der Waals surface area contributed by atoms with Crippen LogP contribution in [0.4, 0.5) is 0 Å². The maximum absolute atomic E-state index is 5.57. The molecule has 0 aromatic heterocycles. The van der Waals surface area contributed by atoms with Crippen molar-refractivity contribution in [3.05, 3.63) is 23.3 Å². The fourth-order valence-electron chi connectivity index (χ4n) is 3.03. The van der Waals surface area contributed by atoms with Gasteiger partial charge in [-0.1, -0.05) is 6.92 Å². The molecule has 0 aliphatic carbocycles. The highest BCUT2D eigenvalue weighted by Crippen LogP contribution is 2.39. The normalized spacial score (nSPS) is 18.1. The van der Waals surface area contributed by atoms with Crippen molar-refractivity contribution in [1.29, 1.82) is 0 Å². The Morgan fingerprint density at radius 3 is 2.32 bits per heavy atom. The SMILES string of the molecule is COc1cc(C(C)C2CCNCC2)c(OC)cc1C. The summed E-state index contributed by atoms with van der Waals surface area (Å²) in [4.78, 5) is 0. The van der Waals surface area contributed by atoms with Crippen molar-refractivity contribution in [3.63, 3.8) is 0 Å². The number of hydrogen-bond acceptors (Lipinski definition) is 3. The van der Waals surface area contributed by atoms with Crippen LogP contribution < -0.4 is 14.8 Å². The standard InChI is InChI=1S/C16H25NO2/c1-11-9-16(19-4)14(10-15(11)18-3)12(2)13-5-7-17-8-6-13/h9-10,12-13,17H,5-8H2,1-4H3. The van der Waals surface area contributed by atoms with Crippen LogP contribution >= 0.6 is 0 Å². The Kier molecular flexibility index (Phi) is 4.70. The molecular weight excluding hydrogens is 238 g/mol. The summed E-state index contributed by atoms with van der Waals surface area (Å²) in [7, 11) is 3.48. The van der Waals surface area contributed by atoms with Crippen molar-refractivity contribution in [1.82, 2.24) is 5.32 Å². The van der Waals surface area contributed by atoms with Crippen LogP contribution in [0.1, 0.15) is 36.8 Å². The van der Waals surface area contributed by atoms with Gasteiger partial charge in [0.05, 0.1) is 14.2 Å². The summed E-state index contributed by atoms with van der Waals surface area (Å²) in [5, 5.41) is 3.43. The Bertz CT molecular complexity index is 425. The fourth-order valence-corrected chi connectivity index (χ4v) is 3.03. The van der Waals surface area contributed by atoms with E-state index in [9.17, 15) is 0 Å². The molecule has 1 fully saturated rings. The van der Waals surface area contributed by atoms with Crippen molar-refractivity contribution in [2.75, 3.05) is 27.3 Å². The molecule has 0 spiro atoms. The molecule has 1 aliphatic rings. The third kappa shape index (κ3) is 3.03. The maximum atomic E-state index is 5.57. The molecular formula is C16H25NO2. The van der Waals surface area contributed by atoms with Gasteiger partial charge in [0.15, 0.2) is 0 Å². The van der Waals surface area contributed by atoms with Gasteiger partial charge < -0.3 is 14.8 Å². The number of nitrogens with one attached hydrogen (secondary N) is 1. The van der Waals surface area contributed by atoms with Crippen LogP contribution in [0, 0.1) is 12.8 Å². The van der Waals surface area contributed by atoms with Crippen LogP contribution in [0.3, 0.4) is 0 Å². The lowest BCUT2D eigenvalue weighted by Crippen LogP contribution is -2.30. The summed E-state index contributed by atoms with van der Waals surface area (Å²) in [5.74, 6) is 3.18. The largest absolute Gasteiger partial charge is 0.496 e. The Hall–Kier alpha value is -1.22. The van der Waals surface area contributed by atoms with Gasteiger partial charge in [-0.3, -0.25) is 0 Å². The molecule has 1 N–H and O–H groups in total. The number of rotatable bonds is 4. The van der Waals surface area contributed by atoms with Gasteiger partial charge in [0.1, 0.15) is 11.5 Å². The molecule has 0 bridgehead atoms. The lowest BCUT2D eigenvalue weighted by molar-refractivity contribution is 0.320. The highest BCUT2D eigenvalue weighted by atomic mass is 16.5. The van der Waals surface area contributed by atoms with Gasteiger partial charge in [-0.25, -0.2) is 0 Å². The molecule has 3 nitrogen and oxygen atoms in total. The van der Waals surface area contributed by atoms with E-state index in [1.54, 1.807) is 14.2 Å². The van der Waals surface area contributed by atoms with E-state index in [2.05, 4.69) is 31.3 Å². The van der Waals surface area contributed by atoms with E-state index in [1.165, 1.54) is 18.4 Å². The molecule has 19 heavy (non-hydrogen) atoms. The average Bonchev–Trinajstić information content (AvgIpc) is 2.47.